The zero-order valence-electron chi connectivity index (χ0n) is 9.11. The Morgan fingerprint density at radius 3 is 2.81 bits per heavy atom. The highest BCUT2D eigenvalue weighted by molar-refractivity contribution is 5.29. The number of aliphatic hydroxyl groups is 2. The molecule has 1 unspecified atom stereocenters. The van der Waals surface area contributed by atoms with Crippen molar-refractivity contribution >= 4 is 0 Å². The first-order valence-corrected chi connectivity index (χ1v) is 4.99. The zero-order valence-corrected chi connectivity index (χ0v) is 9.11. The summed E-state index contributed by atoms with van der Waals surface area (Å²) in [4.78, 5) is 0. The molecule has 0 radical (unpaired) electrons. The normalized spacial score (nSPS) is 12.5. The predicted octanol–water partition coefficient (Wildman–Crippen LogP) is 0.277. The Bertz CT molecular complexity index is 333. The Kier molecular flexibility index (Phi) is 5.18. The second kappa shape index (κ2) is 6.42. The van der Waals surface area contributed by atoms with Crippen LogP contribution in [0.3, 0.4) is 0 Å². The van der Waals surface area contributed by atoms with Gasteiger partial charge < -0.3 is 20.3 Å². The summed E-state index contributed by atoms with van der Waals surface area (Å²) in [7, 11) is 1.41. The summed E-state index contributed by atoms with van der Waals surface area (Å²) in [5, 5.41) is 20.5. The van der Waals surface area contributed by atoms with Crippen molar-refractivity contribution < 1.29 is 19.3 Å². The van der Waals surface area contributed by atoms with Crippen LogP contribution in [0.1, 0.15) is 5.56 Å². The molecule has 0 aliphatic heterocycles. The molecule has 0 fully saturated rings. The molecule has 3 N–H and O–H groups in total. The first-order valence-electron chi connectivity index (χ1n) is 4.99. The van der Waals surface area contributed by atoms with Crippen LogP contribution < -0.4 is 10.1 Å². The van der Waals surface area contributed by atoms with Crippen LogP contribution in [0.4, 0.5) is 4.39 Å². The fourth-order valence-electron chi connectivity index (χ4n) is 1.27. The molecule has 1 aromatic carbocycles. The molecule has 1 rings (SSSR count). The molecular weight excluding hydrogens is 213 g/mol. The fraction of sp³-hybridized carbons (Fsp3) is 0.455. The number of hydrogen-bond donors (Lipinski definition) is 3. The van der Waals surface area contributed by atoms with Gasteiger partial charge in [-0.1, -0.05) is 6.07 Å². The van der Waals surface area contributed by atoms with Crippen LogP contribution in [-0.2, 0) is 6.54 Å². The maximum atomic E-state index is 13.3. The van der Waals surface area contributed by atoms with E-state index in [1.165, 1.54) is 13.2 Å². The van der Waals surface area contributed by atoms with Gasteiger partial charge in [-0.25, -0.2) is 4.39 Å². The summed E-state index contributed by atoms with van der Waals surface area (Å²) in [5.41, 5.74) is 0.753. The van der Waals surface area contributed by atoms with E-state index < -0.39 is 11.9 Å². The van der Waals surface area contributed by atoms with Crippen LogP contribution in [-0.4, -0.2) is 36.6 Å². The quantitative estimate of drug-likeness (QED) is 0.655. The van der Waals surface area contributed by atoms with E-state index in [1.54, 1.807) is 12.1 Å². The van der Waals surface area contributed by atoms with E-state index in [1.807, 2.05) is 0 Å². The Morgan fingerprint density at radius 1 is 1.50 bits per heavy atom. The summed E-state index contributed by atoms with van der Waals surface area (Å²) >= 11 is 0. The maximum absolute atomic E-state index is 13.3. The lowest BCUT2D eigenvalue weighted by Gasteiger charge is -2.09. The van der Waals surface area contributed by atoms with Gasteiger partial charge in [-0.2, -0.15) is 0 Å². The van der Waals surface area contributed by atoms with Gasteiger partial charge >= 0.3 is 0 Å². The number of halogens is 1. The Balaban J connectivity index is 2.46. The van der Waals surface area contributed by atoms with E-state index in [0.717, 1.165) is 5.56 Å². The molecule has 16 heavy (non-hydrogen) atoms. The van der Waals surface area contributed by atoms with E-state index in [-0.39, 0.29) is 18.9 Å². The Morgan fingerprint density at radius 2 is 2.25 bits per heavy atom. The van der Waals surface area contributed by atoms with Crippen LogP contribution in [0, 0.1) is 5.82 Å². The molecule has 1 atom stereocenters. The minimum Gasteiger partial charge on any atom is -0.494 e. The topological polar surface area (TPSA) is 61.7 Å². The van der Waals surface area contributed by atoms with Gasteiger partial charge in [0.15, 0.2) is 11.6 Å². The van der Waals surface area contributed by atoms with Crippen molar-refractivity contribution in [2.45, 2.75) is 12.6 Å². The molecule has 4 nitrogen and oxygen atoms in total. The highest BCUT2D eigenvalue weighted by atomic mass is 19.1. The van der Waals surface area contributed by atoms with E-state index in [9.17, 15) is 4.39 Å². The zero-order chi connectivity index (χ0) is 12.0. The average Bonchev–Trinajstić information content (AvgIpc) is 2.29. The molecule has 0 amide bonds. The van der Waals surface area contributed by atoms with E-state index in [4.69, 9.17) is 14.9 Å². The molecule has 5 heteroatoms. The average molecular weight is 229 g/mol. The van der Waals surface area contributed by atoms with E-state index in [2.05, 4.69) is 5.32 Å². The van der Waals surface area contributed by atoms with Crippen LogP contribution in [0.2, 0.25) is 0 Å². The predicted molar refractivity (Wildman–Crippen MR) is 57.8 cm³/mol. The molecule has 0 aliphatic carbocycles. The van der Waals surface area contributed by atoms with Crippen LogP contribution in [0.25, 0.3) is 0 Å². The monoisotopic (exact) mass is 229 g/mol. The third-order valence-electron chi connectivity index (χ3n) is 2.14. The number of rotatable bonds is 6. The van der Waals surface area contributed by atoms with E-state index >= 15 is 0 Å². The van der Waals surface area contributed by atoms with Crippen LogP contribution >= 0.6 is 0 Å². The van der Waals surface area contributed by atoms with Gasteiger partial charge in [0.25, 0.3) is 0 Å². The summed E-state index contributed by atoms with van der Waals surface area (Å²) in [6.45, 7) is 0.409. The third-order valence-corrected chi connectivity index (χ3v) is 2.14. The SMILES string of the molecule is COc1ccc(CNCC(O)CO)cc1F. The second-order valence-electron chi connectivity index (χ2n) is 3.44. The molecular formula is C11H16FNO3. The van der Waals surface area contributed by atoms with Gasteiger partial charge in [0, 0.05) is 13.1 Å². The van der Waals surface area contributed by atoms with Crippen molar-refractivity contribution in [1.82, 2.24) is 5.32 Å². The van der Waals surface area contributed by atoms with Crippen LogP contribution in [0.5, 0.6) is 5.75 Å². The molecule has 0 bridgehead atoms. The number of ether oxygens (including phenoxy) is 1. The highest BCUT2D eigenvalue weighted by Gasteiger charge is 2.04. The maximum Gasteiger partial charge on any atom is 0.165 e. The van der Waals surface area contributed by atoms with Gasteiger partial charge in [0.2, 0.25) is 0 Å². The second-order valence-corrected chi connectivity index (χ2v) is 3.44. The van der Waals surface area contributed by atoms with Gasteiger partial charge in [0.05, 0.1) is 19.8 Å². The molecule has 0 heterocycles. The molecule has 0 aromatic heterocycles. The van der Waals surface area contributed by atoms with E-state index in [0.29, 0.717) is 6.54 Å². The number of hydrogen-bond acceptors (Lipinski definition) is 4. The number of aliphatic hydroxyl groups excluding tert-OH is 2. The first-order chi connectivity index (χ1) is 7.67. The summed E-state index contributed by atoms with van der Waals surface area (Å²) < 4.78 is 18.1. The van der Waals surface area contributed by atoms with Gasteiger partial charge in [-0.05, 0) is 17.7 Å². The minimum absolute atomic E-state index is 0.208. The largest absolute Gasteiger partial charge is 0.494 e. The lowest BCUT2D eigenvalue weighted by atomic mass is 10.2. The third kappa shape index (κ3) is 3.77. The van der Waals surface area contributed by atoms with Crippen molar-refractivity contribution in [2.75, 3.05) is 20.3 Å². The van der Waals surface area contributed by atoms with Crippen molar-refractivity contribution in [3.8, 4) is 5.75 Å². The lowest BCUT2D eigenvalue weighted by molar-refractivity contribution is 0.0942. The first kappa shape index (κ1) is 12.9. The standard InChI is InChI=1S/C11H16FNO3/c1-16-11-3-2-8(4-10(11)12)5-13-6-9(15)7-14/h2-4,9,13-15H,5-7H2,1H3. The van der Waals surface area contributed by atoms with Crippen molar-refractivity contribution in [2.24, 2.45) is 0 Å². The van der Waals surface area contributed by atoms with Gasteiger partial charge in [-0.3, -0.25) is 0 Å². The van der Waals surface area contributed by atoms with Crippen molar-refractivity contribution in [3.63, 3.8) is 0 Å². The Labute approximate surface area is 93.7 Å². The molecule has 0 saturated heterocycles. The summed E-state index contributed by atoms with van der Waals surface area (Å²) in [5.74, 6) is -0.205. The number of benzene rings is 1. The van der Waals surface area contributed by atoms with Crippen molar-refractivity contribution in [1.29, 1.82) is 0 Å². The minimum atomic E-state index is -0.789. The number of methoxy groups -OCH3 is 1. The van der Waals surface area contributed by atoms with Gasteiger partial charge in [-0.15, -0.1) is 0 Å². The number of nitrogens with one attached hydrogen (secondary N) is 1. The van der Waals surface area contributed by atoms with Crippen LogP contribution in [0.15, 0.2) is 18.2 Å². The van der Waals surface area contributed by atoms with Crippen molar-refractivity contribution in [3.05, 3.63) is 29.6 Å². The smallest absolute Gasteiger partial charge is 0.165 e. The summed E-state index contributed by atoms with van der Waals surface area (Å²) in [6, 6.07) is 4.66. The summed E-state index contributed by atoms with van der Waals surface area (Å²) in [6.07, 6.45) is -0.789. The molecule has 0 aliphatic rings. The van der Waals surface area contributed by atoms with Gasteiger partial charge in [0.1, 0.15) is 0 Å². The molecule has 0 saturated carbocycles. The Hall–Kier alpha value is -1.17. The highest BCUT2D eigenvalue weighted by Crippen LogP contribution is 2.17. The molecule has 90 valence electrons. The lowest BCUT2D eigenvalue weighted by Crippen LogP contribution is -2.28. The molecule has 0 spiro atoms. The fourth-order valence-corrected chi connectivity index (χ4v) is 1.27. The molecule has 1 aromatic rings.